The Morgan fingerprint density at radius 3 is 1.16 bits per heavy atom. The van der Waals surface area contributed by atoms with Crippen LogP contribution in [0, 0.1) is 0 Å². The minimum Gasteiger partial charge on any atom is -0.456 e. The monoisotopic (exact) mass is 1050 g/mol. The fraction of sp³-hybridized carbons (Fsp3) is 0.873. The summed E-state index contributed by atoms with van der Waals surface area (Å²) < 4.78 is 30.7. The maximum Gasteiger partial charge on any atom is 0.472 e. The normalized spacial score (nSPS) is 13.9. The van der Waals surface area contributed by atoms with Gasteiger partial charge < -0.3 is 19.4 Å². The summed E-state index contributed by atoms with van der Waals surface area (Å²) >= 11 is 0. The van der Waals surface area contributed by atoms with Gasteiger partial charge in [-0.05, 0) is 83.1 Å². The third-order valence-corrected chi connectivity index (χ3v) is 15.0. The maximum atomic E-state index is 13.5. The first-order chi connectivity index (χ1) is 35.4. The number of carbonyl (C=O) groups excluding carboxylic acids is 2. The Labute approximate surface area is 453 Å². The molecule has 0 aliphatic heterocycles. The Morgan fingerprint density at radius 2 is 0.795 bits per heavy atom. The SMILES string of the molecule is CCCCCCCC/C=C/CCCCCCCCCCCC(=O)OC(/C=C/CCCCCCCCCCC)C(COP(=O)(O)OCC[N+](C)(C)C)NC(=O)CCCCCCCCC/C=C/CCCCCCCC. The third kappa shape index (κ3) is 54.8. The molecule has 73 heavy (non-hydrogen) atoms. The van der Waals surface area contributed by atoms with Gasteiger partial charge in [0.2, 0.25) is 5.91 Å². The first kappa shape index (κ1) is 71.2. The maximum absolute atomic E-state index is 13.5. The van der Waals surface area contributed by atoms with Crippen molar-refractivity contribution >= 4 is 19.7 Å². The molecule has 0 saturated carbocycles. The van der Waals surface area contributed by atoms with Gasteiger partial charge in [-0.2, -0.15) is 0 Å². The first-order valence-electron chi connectivity index (χ1n) is 31.3. The van der Waals surface area contributed by atoms with Gasteiger partial charge in [-0.25, -0.2) is 4.57 Å². The highest BCUT2D eigenvalue weighted by molar-refractivity contribution is 7.47. The van der Waals surface area contributed by atoms with Crippen molar-refractivity contribution in [3.05, 3.63) is 36.5 Å². The van der Waals surface area contributed by atoms with Crippen LogP contribution in [-0.2, 0) is 27.9 Å². The van der Waals surface area contributed by atoms with E-state index in [0.717, 1.165) is 64.2 Å². The molecule has 0 heterocycles. The average molecular weight is 1050 g/mol. The molecule has 0 spiro atoms. The van der Waals surface area contributed by atoms with E-state index in [1.165, 1.54) is 205 Å². The van der Waals surface area contributed by atoms with E-state index in [9.17, 15) is 19.0 Å². The summed E-state index contributed by atoms with van der Waals surface area (Å²) in [5.41, 5.74) is 0. The van der Waals surface area contributed by atoms with Gasteiger partial charge >= 0.3 is 13.8 Å². The zero-order valence-electron chi connectivity index (χ0n) is 49.1. The number of hydrogen-bond acceptors (Lipinski definition) is 6. The highest BCUT2D eigenvalue weighted by Crippen LogP contribution is 2.43. The van der Waals surface area contributed by atoms with Gasteiger partial charge in [-0.15, -0.1) is 0 Å². The second-order valence-corrected chi connectivity index (χ2v) is 24.0. The van der Waals surface area contributed by atoms with Crippen LogP contribution in [0.3, 0.4) is 0 Å². The Bertz CT molecular complexity index is 1350. The molecule has 0 saturated heterocycles. The molecule has 2 N–H and O–H groups in total. The van der Waals surface area contributed by atoms with E-state index in [2.05, 4.69) is 50.4 Å². The van der Waals surface area contributed by atoms with E-state index in [0.29, 0.717) is 23.9 Å². The number of ether oxygens (including phenoxy) is 1. The summed E-state index contributed by atoms with van der Waals surface area (Å²) in [6, 6.07) is -0.848. The molecular weight excluding hydrogens is 928 g/mol. The number of unbranched alkanes of at least 4 members (excludes halogenated alkanes) is 37. The van der Waals surface area contributed by atoms with Crippen molar-refractivity contribution in [3.63, 3.8) is 0 Å². The Kier molecular flexibility index (Phi) is 52.3. The van der Waals surface area contributed by atoms with Crippen molar-refractivity contribution in [2.24, 2.45) is 0 Å². The quantitative estimate of drug-likeness (QED) is 0.0205. The van der Waals surface area contributed by atoms with Gasteiger partial charge in [0.1, 0.15) is 19.3 Å². The van der Waals surface area contributed by atoms with Crippen LogP contribution in [0.1, 0.15) is 303 Å². The molecule has 0 aromatic rings. The molecule has 430 valence electrons. The molecule has 0 aromatic carbocycles. The van der Waals surface area contributed by atoms with E-state index in [-0.39, 0.29) is 25.1 Å². The van der Waals surface area contributed by atoms with E-state index in [4.69, 9.17) is 13.8 Å². The number of allylic oxidation sites excluding steroid dienone is 5. The van der Waals surface area contributed by atoms with Crippen LogP contribution in [0.15, 0.2) is 36.5 Å². The molecule has 0 rings (SSSR count). The molecule has 0 aromatic heterocycles. The summed E-state index contributed by atoms with van der Waals surface area (Å²) in [5, 5.41) is 3.06. The zero-order chi connectivity index (χ0) is 53.6. The van der Waals surface area contributed by atoms with Crippen LogP contribution in [0.4, 0.5) is 0 Å². The number of likely N-dealkylation sites (N-methyl/N-ethyl adjacent to an activating group) is 1. The zero-order valence-corrected chi connectivity index (χ0v) is 50.0. The second kappa shape index (κ2) is 53.6. The number of rotatable bonds is 57. The van der Waals surface area contributed by atoms with Crippen molar-refractivity contribution in [1.82, 2.24) is 5.32 Å². The Hall–Kier alpha value is -1.77. The molecule has 0 aliphatic carbocycles. The van der Waals surface area contributed by atoms with Gasteiger partial charge in [-0.3, -0.25) is 18.6 Å². The summed E-state index contributed by atoms with van der Waals surface area (Å²) in [4.78, 5) is 37.7. The van der Waals surface area contributed by atoms with Gasteiger partial charge in [0.15, 0.2) is 0 Å². The molecule has 3 atom stereocenters. The van der Waals surface area contributed by atoms with Crippen molar-refractivity contribution < 1.29 is 37.3 Å². The number of esters is 1. The largest absolute Gasteiger partial charge is 0.472 e. The van der Waals surface area contributed by atoms with Crippen molar-refractivity contribution in [3.8, 4) is 0 Å². The lowest BCUT2D eigenvalue weighted by atomic mass is 10.0. The number of hydrogen-bond donors (Lipinski definition) is 2. The average Bonchev–Trinajstić information content (AvgIpc) is 3.35. The molecule has 0 bridgehead atoms. The van der Waals surface area contributed by atoms with Crippen LogP contribution in [0.25, 0.3) is 0 Å². The number of carbonyl (C=O) groups is 2. The predicted molar refractivity (Wildman–Crippen MR) is 314 cm³/mol. The minimum atomic E-state index is -4.44. The molecule has 0 radical (unpaired) electrons. The minimum absolute atomic E-state index is 0.0406. The number of phosphoric ester groups is 1. The Morgan fingerprint density at radius 1 is 0.466 bits per heavy atom. The number of nitrogens with zero attached hydrogens (tertiary/aromatic N) is 1. The molecule has 9 nitrogen and oxygen atoms in total. The highest BCUT2D eigenvalue weighted by atomic mass is 31.2. The van der Waals surface area contributed by atoms with Crippen LogP contribution >= 0.6 is 7.82 Å². The van der Waals surface area contributed by atoms with Crippen LogP contribution < -0.4 is 5.32 Å². The van der Waals surface area contributed by atoms with Gasteiger partial charge in [0, 0.05) is 12.8 Å². The summed E-state index contributed by atoms with van der Waals surface area (Å²) in [5.74, 6) is -0.502. The Balaban J connectivity index is 5.20. The van der Waals surface area contributed by atoms with E-state index >= 15 is 0 Å². The second-order valence-electron chi connectivity index (χ2n) is 22.6. The van der Waals surface area contributed by atoms with E-state index < -0.39 is 20.0 Å². The lowest BCUT2D eigenvalue weighted by Gasteiger charge is -2.27. The topological polar surface area (TPSA) is 111 Å². The molecule has 1 amide bonds. The third-order valence-electron chi connectivity index (χ3n) is 14.1. The first-order valence-corrected chi connectivity index (χ1v) is 32.8. The van der Waals surface area contributed by atoms with Crippen molar-refractivity contribution in [2.75, 3.05) is 40.9 Å². The standard InChI is InChI=1S/C63H121N2O7P/c1-7-10-13-16-19-22-25-27-29-31-32-34-36-38-41-44-47-50-53-56-63(67)72-61(54-51-48-45-42-39-24-21-18-15-12-9-3)60(59-71-73(68,69)70-58-57-65(4,5)6)64-62(66)55-52-49-46-43-40-37-35-33-30-28-26-23-20-17-14-11-8-2/h27-30,51,54,60-61H,7-26,31-50,52-53,55-59H2,1-6H3,(H-,64,66,68,69)/p+1/b29-27+,30-28+,54-51+. The fourth-order valence-electron chi connectivity index (χ4n) is 9.17. The number of amides is 1. The summed E-state index contributed by atoms with van der Waals surface area (Å²) in [7, 11) is 1.50. The fourth-order valence-corrected chi connectivity index (χ4v) is 9.90. The molecular formula is C63H122N2O7P+. The molecule has 10 heteroatoms. The molecule has 3 unspecified atom stereocenters. The number of quaternary nitrogens is 1. The molecule has 0 aliphatic rings. The lowest BCUT2D eigenvalue weighted by Crippen LogP contribution is -2.47. The van der Waals surface area contributed by atoms with Crippen molar-refractivity contribution in [1.29, 1.82) is 0 Å². The van der Waals surface area contributed by atoms with Crippen LogP contribution in [0.2, 0.25) is 0 Å². The van der Waals surface area contributed by atoms with Gasteiger partial charge in [0.05, 0.1) is 33.8 Å². The van der Waals surface area contributed by atoms with Gasteiger partial charge in [-0.1, -0.05) is 244 Å². The summed E-state index contributed by atoms with van der Waals surface area (Å²) in [6.07, 6.45) is 64.2. The van der Waals surface area contributed by atoms with E-state index in [1.807, 2.05) is 33.3 Å². The van der Waals surface area contributed by atoms with Crippen LogP contribution in [0.5, 0.6) is 0 Å². The highest BCUT2D eigenvalue weighted by Gasteiger charge is 2.30. The number of phosphoric acid groups is 1. The predicted octanol–water partition coefficient (Wildman–Crippen LogP) is 19.1. The van der Waals surface area contributed by atoms with Crippen molar-refractivity contribution in [2.45, 2.75) is 315 Å². The lowest BCUT2D eigenvalue weighted by molar-refractivity contribution is -0.870. The van der Waals surface area contributed by atoms with Gasteiger partial charge in [0.25, 0.3) is 0 Å². The molecule has 0 fully saturated rings. The van der Waals surface area contributed by atoms with Crippen LogP contribution in [-0.4, -0.2) is 74.3 Å². The number of nitrogens with one attached hydrogen (secondary N) is 1. The summed E-state index contributed by atoms with van der Waals surface area (Å²) in [6.45, 7) is 7.02. The smallest absolute Gasteiger partial charge is 0.456 e. The van der Waals surface area contributed by atoms with E-state index in [1.54, 1.807) is 0 Å².